The molecule has 9 heteroatoms. The van der Waals surface area contributed by atoms with Crippen molar-refractivity contribution >= 4 is 29.3 Å². The third-order valence-corrected chi connectivity index (χ3v) is 7.54. The Morgan fingerprint density at radius 3 is 2.71 bits per heavy atom. The largest absolute Gasteiger partial charge is 0.392 e. The summed E-state index contributed by atoms with van der Waals surface area (Å²) < 4.78 is 0. The maximum atomic E-state index is 13.0. The van der Waals surface area contributed by atoms with Crippen LogP contribution in [-0.2, 0) is 13.2 Å². The van der Waals surface area contributed by atoms with E-state index in [0.717, 1.165) is 50.1 Å². The number of hydrogen-bond acceptors (Lipinski definition) is 7. The molecule has 1 aliphatic carbocycles. The Hall–Kier alpha value is -2.42. The minimum absolute atomic E-state index is 0.0959. The second kappa shape index (κ2) is 10.5. The van der Waals surface area contributed by atoms with E-state index in [1.807, 2.05) is 18.2 Å². The van der Waals surface area contributed by atoms with Gasteiger partial charge in [0.15, 0.2) is 0 Å². The van der Waals surface area contributed by atoms with Crippen LogP contribution in [0.3, 0.4) is 0 Å². The number of aromatic nitrogens is 2. The molecule has 3 aliphatic rings. The van der Waals surface area contributed by atoms with Crippen LogP contribution in [0.1, 0.15) is 47.2 Å². The lowest BCUT2D eigenvalue weighted by Crippen LogP contribution is -2.38. The molecule has 2 saturated heterocycles. The lowest BCUT2D eigenvalue weighted by Gasteiger charge is -2.26. The van der Waals surface area contributed by atoms with Crippen LogP contribution in [0.25, 0.3) is 0 Å². The number of nitrogens with zero attached hydrogens (tertiary/aromatic N) is 4. The zero-order chi connectivity index (χ0) is 23.5. The smallest absolute Gasteiger partial charge is 0.256 e. The van der Waals surface area contributed by atoms with Gasteiger partial charge in [0.2, 0.25) is 5.95 Å². The Labute approximate surface area is 205 Å². The molecule has 3 heterocycles. The molecule has 8 nitrogen and oxygen atoms in total. The highest BCUT2D eigenvalue weighted by atomic mass is 35.5. The average Bonchev–Trinajstić information content (AvgIpc) is 3.47. The SMILES string of the molecule is O=C(NCCN1CCCCC1)c1cnc(N2CC3CC3C2)nc1NCc1ccc(CO)c(Cl)c1. The third-order valence-electron chi connectivity index (χ3n) is 7.19. The molecule has 1 amide bonds. The number of benzene rings is 1. The van der Waals surface area contributed by atoms with Crippen LogP contribution in [0.4, 0.5) is 11.8 Å². The number of hydrogen-bond donors (Lipinski definition) is 3. The molecule has 1 saturated carbocycles. The first-order chi connectivity index (χ1) is 16.6. The molecule has 3 fully saturated rings. The predicted molar refractivity (Wildman–Crippen MR) is 133 cm³/mol. The second-order valence-corrected chi connectivity index (χ2v) is 10.1. The van der Waals surface area contributed by atoms with E-state index in [-0.39, 0.29) is 12.5 Å². The predicted octanol–water partition coefficient (Wildman–Crippen LogP) is 2.91. The fourth-order valence-corrected chi connectivity index (χ4v) is 5.27. The number of rotatable bonds is 9. The maximum Gasteiger partial charge on any atom is 0.256 e. The first kappa shape index (κ1) is 23.3. The van der Waals surface area contributed by atoms with Crippen LogP contribution < -0.4 is 15.5 Å². The Kier molecular flexibility index (Phi) is 7.18. The number of likely N-dealkylation sites (tertiary alicyclic amines) is 1. The highest BCUT2D eigenvalue weighted by Crippen LogP contribution is 2.45. The summed E-state index contributed by atoms with van der Waals surface area (Å²) in [5, 5.41) is 16.3. The van der Waals surface area contributed by atoms with Gasteiger partial charge in [0, 0.05) is 43.9 Å². The molecule has 182 valence electrons. The molecule has 2 aliphatic heterocycles. The number of carbonyl (C=O) groups is 1. The number of fused-ring (bicyclic) bond motifs is 1. The van der Waals surface area contributed by atoms with Gasteiger partial charge < -0.3 is 25.5 Å². The summed E-state index contributed by atoms with van der Waals surface area (Å²) in [7, 11) is 0. The molecular weight excluding hydrogens is 452 g/mol. The van der Waals surface area contributed by atoms with E-state index in [4.69, 9.17) is 16.6 Å². The topological polar surface area (TPSA) is 93.6 Å². The van der Waals surface area contributed by atoms with E-state index in [1.165, 1.54) is 25.7 Å². The van der Waals surface area contributed by atoms with Crippen LogP contribution in [0, 0.1) is 11.8 Å². The van der Waals surface area contributed by atoms with Crippen molar-refractivity contribution in [1.29, 1.82) is 0 Å². The number of halogens is 1. The number of aliphatic hydroxyl groups is 1. The van der Waals surface area contributed by atoms with Crippen LogP contribution in [-0.4, -0.2) is 65.2 Å². The summed E-state index contributed by atoms with van der Waals surface area (Å²) in [5.41, 5.74) is 2.09. The van der Waals surface area contributed by atoms with Gasteiger partial charge in [-0.2, -0.15) is 4.98 Å². The van der Waals surface area contributed by atoms with Crippen molar-refractivity contribution < 1.29 is 9.90 Å². The third kappa shape index (κ3) is 5.45. The summed E-state index contributed by atoms with van der Waals surface area (Å²) in [4.78, 5) is 27.0. The van der Waals surface area contributed by atoms with E-state index in [1.54, 1.807) is 6.20 Å². The van der Waals surface area contributed by atoms with Crippen molar-refractivity contribution in [2.45, 2.75) is 38.8 Å². The van der Waals surface area contributed by atoms with E-state index >= 15 is 0 Å². The monoisotopic (exact) mass is 484 g/mol. The number of nitrogens with one attached hydrogen (secondary N) is 2. The van der Waals surface area contributed by atoms with Gasteiger partial charge in [0.05, 0.1) is 6.61 Å². The maximum absolute atomic E-state index is 13.0. The zero-order valence-corrected chi connectivity index (χ0v) is 20.2. The van der Waals surface area contributed by atoms with Crippen molar-refractivity contribution in [3.8, 4) is 0 Å². The summed E-state index contributed by atoms with van der Waals surface area (Å²) in [5.74, 6) is 2.58. The molecule has 1 aromatic heterocycles. The number of anilines is 2. The lowest BCUT2D eigenvalue weighted by atomic mass is 10.1. The van der Waals surface area contributed by atoms with Gasteiger partial charge in [0.25, 0.3) is 5.91 Å². The highest BCUT2D eigenvalue weighted by molar-refractivity contribution is 6.31. The summed E-state index contributed by atoms with van der Waals surface area (Å²) >= 11 is 6.26. The minimum atomic E-state index is -0.163. The van der Waals surface area contributed by atoms with Crippen LogP contribution >= 0.6 is 11.6 Å². The summed E-state index contributed by atoms with van der Waals surface area (Å²) in [6.45, 7) is 6.02. The molecule has 0 spiro atoms. The van der Waals surface area contributed by atoms with Crippen molar-refractivity contribution in [3.05, 3.63) is 46.1 Å². The van der Waals surface area contributed by atoms with E-state index in [9.17, 15) is 9.90 Å². The normalized spacial score (nSPS) is 21.9. The molecule has 5 rings (SSSR count). The van der Waals surface area contributed by atoms with Gasteiger partial charge in [-0.15, -0.1) is 0 Å². The molecule has 34 heavy (non-hydrogen) atoms. The lowest BCUT2D eigenvalue weighted by molar-refractivity contribution is 0.0946. The Balaban J connectivity index is 1.28. The van der Waals surface area contributed by atoms with Crippen molar-refractivity contribution in [2.75, 3.05) is 49.5 Å². The fraction of sp³-hybridized carbons (Fsp3) is 0.560. The van der Waals surface area contributed by atoms with Crippen molar-refractivity contribution in [3.63, 3.8) is 0 Å². The highest BCUT2D eigenvalue weighted by Gasteiger charge is 2.45. The molecule has 2 aromatic rings. The standard InChI is InChI=1S/C25H33ClN6O2/c26-22-10-17(4-5-18(22)16-33)12-28-23-21(24(34)27-6-9-31-7-2-1-3-8-31)13-29-25(30-23)32-14-19-11-20(19)15-32/h4-5,10,13,19-20,33H,1-3,6-9,11-12,14-16H2,(H,27,34)(H,28,29,30). The first-order valence-corrected chi connectivity index (χ1v) is 12.7. The number of piperidine rings is 2. The Morgan fingerprint density at radius 2 is 1.97 bits per heavy atom. The molecule has 2 atom stereocenters. The molecule has 1 aromatic carbocycles. The quantitative estimate of drug-likeness (QED) is 0.504. The molecule has 0 radical (unpaired) electrons. The average molecular weight is 485 g/mol. The van der Waals surface area contributed by atoms with Gasteiger partial charge in [-0.1, -0.05) is 30.2 Å². The Morgan fingerprint density at radius 1 is 1.18 bits per heavy atom. The summed E-state index contributed by atoms with van der Waals surface area (Å²) in [6.07, 6.45) is 6.72. The van der Waals surface area contributed by atoms with E-state index in [0.29, 0.717) is 41.0 Å². The van der Waals surface area contributed by atoms with Gasteiger partial charge in [-0.25, -0.2) is 4.98 Å². The molecule has 0 bridgehead atoms. The summed E-state index contributed by atoms with van der Waals surface area (Å²) in [6, 6.07) is 5.56. The van der Waals surface area contributed by atoms with Gasteiger partial charge in [0.1, 0.15) is 11.4 Å². The van der Waals surface area contributed by atoms with Crippen LogP contribution in [0.5, 0.6) is 0 Å². The van der Waals surface area contributed by atoms with Gasteiger partial charge in [-0.3, -0.25) is 4.79 Å². The van der Waals surface area contributed by atoms with Crippen molar-refractivity contribution in [1.82, 2.24) is 20.2 Å². The number of aliphatic hydroxyl groups excluding tert-OH is 1. The number of carbonyl (C=O) groups excluding carboxylic acids is 1. The fourth-order valence-electron chi connectivity index (χ4n) is 5.01. The van der Waals surface area contributed by atoms with E-state index in [2.05, 4.69) is 25.4 Å². The van der Waals surface area contributed by atoms with Gasteiger partial charge >= 0.3 is 0 Å². The zero-order valence-electron chi connectivity index (χ0n) is 19.5. The second-order valence-electron chi connectivity index (χ2n) is 9.69. The first-order valence-electron chi connectivity index (χ1n) is 12.4. The molecular formula is C25H33ClN6O2. The van der Waals surface area contributed by atoms with Crippen LogP contribution in [0.2, 0.25) is 5.02 Å². The van der Waals surface area contributed by atoms with Crippen LogP contribution in [0.15, 0.2) is 24.4 Å². The number of amides is 1. The van der Waals surface area contributed by atoms with E-state index < -0.39 is 0 Å². The van der Waals surface area contributed by atoms with Crippen molar-refractivity contribution in [2.24, 2.45) is 11.8 Å². The van der Waals surface area contributed by atoms with Gasteiger partial charge in [-0.05, 0) is 61.4 Å². The molecule has 2 unspecified atom stereocenters. The molecule has 3 N–H and O–H groups in total. The Bertz CT molecular complexity index is 1020. The minimum Gasteiger partial charge on any atom is -0.392 e.